The van der Waals surface area contributed by atoms with E-state index in [1.807, 2.05) is 0 Å². The predicted octanol–water partition coefficient (Wildman–Crippen LogP) is 0.426. The molecule has 0 bridgehead atoms. The Bertz CT molecular complexity index is 376. The minimum Gasteiger partial charge on any atom is -0.379 e. The zero-order valence-electron chi connectivity index (χ0n) is 7.72. The first kappa shape index (κ1) is 9.76. The lowest BCUT2D eigenvalue weighted by atomic mass is 10.5. The van der Waals surface area contributed by atoms with Crippen LogP contribution in [0.5, 0.6) is 0 Å². The van der Waals surface area contributed by atoms with E-state index in [1.165, 1.54) is 4.31 Å². The van der Waals surface area contributed by atoms with Gasteiger partial charge < -0.3 is 4.74 Å². The highest BCUT2D eigenvalue weighted by atomic mass is 32.2. The minimum absolute atomic E-state index is 0.374. The Hall–Kier alpha value is -0.780. The molecular weight excluding hydrogens is 202 g/mol. The molecule has 0 aliphatic carbocycles. The van der Waals surface area contributed by atoms with Crippen molar-refractivity contribution in [3.8, 4) is 0 Å². The summed E-state index contributed by atoms with van der Waals surface area (Å²) in [6, 6.07) is 6.69. The molecule has 1 fully saturated rings. The van der Waals surface area contributed by atoms with Crippen LogP contribution in [0.15, 0.2) is 29.2 Å². The lowest BCUT2D eigenvalue weighted by Gasteiger charge is -2.26. The third kappa shape index (κ3) is 1.70. The van der Waals surface area contributed by atoms with Crippen LogP contribution in [0.1, 0.15) is 0 Å². The van der Waals surface area contributed by atoms with E-state index in [0.29, 0.717) is 31.2 Å². The van der Waals surface area contributed by atoms with E-state index in [9.17, 15) is 8.42 Å². The van der Waals surface area contributed by atoms with Gasteiger partial charge in [-0.3, -0.25) is 0 Å². The third-order valence-electron chi connectivity index (χ3n) is 2.24. The summed E-state index contributed by atoms with van der Waals surface area (Å²) in [5.41, 5.74) is 0. The average Bonchev–Trinajstić information content (AvgIpc) is 2.72. The maximum Gasteiger partial charge on any atom is 0.219 e. The van der Waals surface area contributed by atoms with E-state index in [0.717, 1.165) is 0 Å². The largest absolute Gasteiger partial charge is 0.379 e. The fourth-order valence-corrected chi connectivity index (χ4v) is 2.89. The van der Waals surface area contributed by atoms with E-state index >= 15 is 0 Å². The van der Waals surface area contributed by atoms with Crippen LogP contribution in [-0.4, -0.2) is 39.0 Å². The van der Waals surface area contributed by atoms with Crippen molar-refractivity contribution in [1.82, 2.24) is 4.31 Å². The average molecular weight is 214 g/mol. The highest BCUT2D eigenvalue weighted by Gasteiger charge is 2.23. The molecule has 1 aromatic rings. The molecule has 1 heterocycles. The fourth-order valence-electron chi connectivity index (χ4n) is 1.46. The molecule has 2 rings (SSSR count). The van der Waals surface area contributed by atoms with Crippen molar-refractivity contribution >= 4 is 10.0 Å². The van der Waals surface area contributed by atoms with Gasteiger partial charge >= 0.3 is 0 Å². The number of rotatable bonds is 2. The summed E-state index contributed by atoms with van der Waals surface area (Å²) in [6.45, 7) is 1.88. The van der Waals surface area contributed by atoms with Crippen LogP contribution in [0.2, 0.25) is 0 Å². The van der Waals surface area contributed by atoms with Crippen molar-refractivity contribution in [3.63, 3.8) is 0 Å². The maximum absolute atomic E-state index is 11.9. The van der Waals surface area contributed by atoms with Crippen LogP contribution >= 0.6 is 0 Å². The molecule has 0 radical (unpaired) electrons. The van der Waals surface area contributed by atoms with Gasteiger partial charge in [0.25, 0.3) is 0 Å². The van der Waals surface area contributed by atoms with E-state index in [2.05, 4.69) is 0 Å². The van der Waals surface area contributed by atoms with Gasteiger partial charge in [0.1, 0.15) is 0 Å². The van der Waals surface area contributed by atoms with Crippen LogP contribution in [0.3, 0.4) is 0 Å². The highest BCUT2D eigenvalue weighted by Crippen LogP contribution is 2.16. The Labute approximate surface area is 83.5 Å². The van der Waals surface area contributed by atoms with Gasteiger partial charge in [-0.05, 0) is 4.90 Å². The van der Waals surface area contributed by atoms with Gasteiger partial charge in [-0.25, -0.2) is 14.5 Å². The van der Waals surface area contributed by atoms with Crippen molar-refractivity contribution in [2.45, 2.75) is 4.90 Å². The second-order valence-electron chi connectivity index (χ2n) is 3.14. The second kappa shape index (κ2) is 3.76. The van der Waals surface area contributed by atoms with Crippen molar-refractivity contribution in [2.24, 2.45) is 0 Å². The number of nitrogens with zero attached hydrogens (tertiary/aromatic N) is 1. The lowest BCUT2D eigenvalue weighted by molar-refractivity contribution is 0.0730. The molecule has 1 aliphatic heterocycles. The first-order chi connectivity index (χ1) is 6.71. The molecule has 1 aromatic carbocycles. The standard InChI is InChI=1S/C9H12NO3S/c11-14(12,9-3-1-2-4-9)10-5-7-13-8-6-10/h1-4H,5-8H2/q-1. The van der Waals surface area contributed by atoms with Crippen molar-refractivity contribution < 1.29 is 13.2 Å². The predicted molar refractivity (Wildman–Crippen MR) is 51.6 cm³/mol. The number of ether oxygens (including phenoxy) is 1. The van der Waals surface area contributed by atoms with Crippen LogP contribution in [-0.2, 0) is 14.8 Å². The normalized spacial score (nSPS) is 19.7. The Balaban J connectivity index is 2.23. The monoisotopic (exact) mass is 214 g/mol. The minimum atomic E-state index is -3.27. The van der Waals surface area contributed by atoms with Crippen LogP contribution < -0.4 is 0 Å². The number of hydrogen-bond donors (Lipinski definition) is 0. The van der Waals surface area contributed by atoms with Crippen LogP contribution in [0, 0.1) is 0 Å². The smallest absolute Gasteiger partial charge is 0.219 e. The molecule has 0 amide bonds. The second-order valence-corrected chi connectivity index (χ2v) is 5.07. The van der Waals surface area contributed by atoms with Crippen LogP contribution in [0.4, 0.5) is 0 Å². The Morgan fingerprint density at radius 2 is 2.07 bits per heavy atom. The summed E-state index contributed by atoms with van der Waals surface area (Å²) < 4.78 is 30.4. The van der Waals surface area contributed by atoms with Crippen molar-refractivity contribution in [2.75, 3.05) is 26.3 Å². The molecule has 0 aromatic heterocycles. The first-order valence-electron chi connectivity index (χ1n) is 4.51. The molecule has 1 aliphatic rings. The van der Waals surface area contributed by atoms with Crippen LogP contribution in [0.25, 0.3) is 0 Å². The van der Waals surface area contributed by atoms with E-state index < -0.39 is 10.0 Å². The molecule has 0 unspecified atom stereocenters. The first-order valence-corrected chi connectivity index (χ1v) is 5.95. The zero-order chi connectivity index (χ0) is 10.0. The number of sulfonamides is 1. The summed E-state index contributed by atoms with van der Waals surface area (Å²) in [5, 5.41) is 0. The van der Waals surface area contributed by atoms with Gasteiger partial charge in [0.05, 0.1) is 13.2 Å². The Morgan fingerprint density at radius 1 is 1.36 bits per heavy atom. The fraction of sp³-hybridized carbons (Fsp3) is 0.444. The van der Waals surface area contributed by atoms with Gasteiger partial charge in [-0.2, -0.15) is 22.5 Å². The summed E-state index contributed by atoms with van der Waals surface area (Å²) in [4.78, 5) is 0.374. The van der Waals surface area contributed by atoms with Gasteiger partial charge in [-0.1, -0.05) is 0 Å². The molecule has 0 spiro atoms. The molecule has 0 N–H and O–H groups in total. The molecule has 0 atom stereocenters. The summed E-state index contributed by atoms with van der Waals surface area (Å²) in [5.74, 6) is 0. The lowest BCUT2D eigenvalue weighted by Crippen LogP contribution is -2.40. The SMILES string of the molecule is O=S(=O)(c1ccc[cH-]1)N1CCOCC1. The summed E-state index contributed by atoms with van der Waals surface area (Å²) in [7, 11) is -3.27. The van der Waals surface area contributed by atoms with Crippen molar-refractivity contribution in [1.29, 1.82) is 0 Å². The van der Waals surface area contributed by atoms with E-state index in [4.69, 9.17) is 4.74 Å². The molecule has 78 valence electrons. The van der Waals surface area contributed by atoms with Gasteiger partial charge in [-0.15, -0.1) is 0 Å². The van der Waals surface area contributed by atoms with Gasteiger partial charge in [0.2, 0.25) is 10.0 Å². The summed E-state index contributed by atoms with van der Waals surface area (Å²) in [6.07, 6.45) is 0. The highest BCUT2D eigenvalue weighted by molar-refractivity contribution is 7.89. The van der Waals surface area contributed by atoms with E-state index in [1.54, 1.807) is 24.3 Å². The summed E-state index contributed by atoms with van der Waals surface area (Å²) >= 11 is 0. The molecule has 5 heteroatoms. The zero-order valence-corrected chi connectivity index (χ0v) is 8.53. The van der Waals surface area contributed by atoms with Gasteiger partial charge in [0, 0.05) is 13.1 Å². The topological polar surface area (TPSA) is 46.6 Å². The Morgan fingerprint density at radius 3 is 2.64 bits per heavy atom. The third-order valence-corrected chi connectivity index (χ3v) is 4.15. The number of morpholine rings is 1. The molecular formula is C9H12NO3S-. The van der Waals surface area contributed by atoms with E-state index in [-0.39, 0.29) is 0 Å². The number of hydrogen-bond acceptors (Lipinski definition) is 3. The molecule has 1 saturated heterocycles. The maximum atomic E-state index is 11.9. The van der Waals surface area contributed by atoms with Gasteiger partial charge in [0.15, 0.2) is 0 Å². The molecule has 0 saturated carbocycles. The molecule has 14 heavy (non-hydrogen) atoms. The Kier molecular flexibility index (Phi) is 2.62. The quantitative estimate of drug-likeness (QED) is 0.671. The van der Waals surface area contributed by atoms with Crippen molar-refractivity contribution in [3.05, 3.63) is 24.3 Å². The molecule has 4 nitrogen and oxygen atoms in total.